The number of carbonyl (C=O) groups excluding carboxylic acids is 1. The highest BCUT2D eigenvalue weighted by Gasteiger charge is 2.11. The molecule has 0 aliphatic carbocycles. The van der Waals surface area contributed by atoms with Gasteiger partial charge in [0.2, 0.25) is 0 Å². The molecule has 0 atom stereocenters. The van der Waals surface area contributed by atoms with E-state index in [1.54, 1.807) is 24.4 Å². The van der Waals surface area contributed by atoms with Crippen molar-refractivity contribution in [1.29, 1.82) is 0 Å². The third kappa shape index (κ3) is 1.80. The van der Waals surface area contributed by atoms with Crippen LogP contribution in [0.15, 0.2) is 30.5 Å². The summed E-state index contributed by atoms with van der Waals surface area (Å²) in [4.78, 5) is 15.3. The van der Waals surface area contributed by atoms with Crippen LogP contribution in [0.4, 0.5) is 0 Å². The molecule has 1 amide bonds. The highest BCUT2D eigenvalue weighted by atomic mass is 16.6. The Kier molecular flexibility index (Phi) is 2.70. The lowest BCUT2D eigenvalue weighted by atomic mass is 10.1. The van der Waals surface area contributed by atoms with Gasteiger partial charge >= 0.3 is 0 Å². The first-order valence-corrected chi connectivity index (χ1v) is 4.64. The van der Waals surface area contributed by atoms with E-state index in [4.69, 9.17) is 15.6 Å². The molecule has 3 N–H and O–H groups in total. The Bertz CT molecular complexity index is 540. The van der Waals surface area contributed by atoms with Crippen LogP contribution in [0.5, 0.6) is 5.75 Å². The topological polar surface area (TPSA) is 85.4 Å². The van der Waals surface area contributed by atoms with E-state index >= 15 is 0 Å². The molecule has 5 heteroatoms. The van der Waals surface area contributed by atoms with Crippen LogP contribution in [0.25, 0.3) is 10.9 Å². The van der Waals surface area contributed by atoms with Crippen LogP contribution in [0.2, 0.25) is 0 Å². The maximum Gasteiger partial charge on any atom is 0.252 e. The molecular weight excluding hydrogens is 208 g/mol. The van der Waals surface area contributed by atoms with Crippen molar-refractivity contribution in [2.45, 2.75) is 0 Å². The van der Waals surface area contributed by atoms with Gasteiger partial charge in [0, 0.05) is 17.6 Å². The van der Waals surface area contributed by atoms with Gasteiger partial charge in [-0.1, -0.05) is 6.07 Å². The number of hydrogen-bond donors (Lipinski definition) is 2. The van der Waals surface area contributed by atoms with Gasteiger partial charge in [0.1, 0.15) is 5.75 Å². The Morgan fingerprint density at radius 2 is 2.31 bits per heavy atom. The normalized spacial score (nSPS) is 10.3. The van der Waals surface area contributed by atoms with Crippen LogP contribution < -0.4 is 10.5 Å². The number of aliphatic hydroxyl groups excluding tert-OH is 1. The molecule has 0 aliphatic rings. The highest BCUT2D eigenvalue weighted by Crippen LogP contribution is 2.24. The average molecular weight is 218 g/mol. The van der Waals surface area contributed by atoms with Gasteiger partial charge in [-0.3, -0.25) is 9.78 Å². The average Bonchev–Trinajstić information content (AvgIpc) is 2.28. The molecule has 2 aromatic rings. The van der Waals surface area contributed by atoms with E-state index in [0.717, 1.165) is 5.39 Å². The van der Waals surface area contributed by atoms with Crippen molar-refractivity contribution in [2.24, 2.45) is 5.73 Å². The zero-order valence-electron chi connectivity index (χ0n) is 8.38. The number of nitrogens with two attached hydrogens (primary N) is 1. The lowest BCUT2D eigenvalue weighted by Gasteiger charge is -2.08. The molecule has 1 heterocycles. The molecule has 0 saturated heterocycles. The van der Waals surface area contributed by atoms with Crippen molar-refractivity contribution in [2.75, 3.05) is 6.79 Å². The van der Waals surface area contributed by atoms with Gasteiger partial charge in [-0.15, -0.1) is 0 Å². The lowest BCUT2D eigenvalue weighted by Crippen LogP contribution is -2.13. The number of fused-ring (bicyclic) bond motifs is 1. The quantitative estimate of drug-likeness (QED) is 0.741. The maximum absolute atomic E-state index is 11.2. The molecule has 0 spiro atoms. The zero-order valence-corrected chi connectivity index (χ0v) is 8.38. The van der Waals surface area contributed by atoms with E-state index in [9.17, 15) is 4.79 Å². The van der Waals surface area contributed by atoms with Gasteiger partial charge in [-0.05, 0) is 12.1 Å². The maximum atomic E-state index is 11.2. The van der Waals surface area contributed by atoms with Gasteiger partial charge in [-0.2, -0.15) is 0 Å². The molecule has 2 rings (SSSR count). The van der Waals surface area contributed by atoms with Gasteiger partial charge in [0.15, 0.2) is 6.79 Å². The van der Waals surface area contributed by atoms with E-state index in [0.29, 0.717) is 5.52 Å². The molecular formula is C11H10N2O3. The second-order valence-corrected chi connectivity index (χ2v) is 3.18. The first-order chi connectivity index (χ1) is 7.72. The zero-order chi connectivity index (χ0) is 11.5. The first kappa shape index (κ1) is 10.4. The Morgan fingerprint density at radius 3 is 3.00 bits per heavy atom. The number of ether oxygens (including phenoxy) is 1. The molecule has 5 nitrogen and oxygen atoms in total. The van der Waals surface area contributed by atoms with Crippen molar-refractivity contribution in [1.82, 2.24) is 4.98 Å². The third-order valence-electron chi connectivity index (χ3n) is 2.19. The molecule has 1 aromatic heterocycles. The fraction of sp³-hybridized carbons (Fsp3) is 0.0909. The van der Waals surface area contributed by atoms with E-state index in [2.05, 4.69) is 4.98 Å². The van der Waals surface area contributed by atoms with Gasteiger partial charge in [-0.25, -0.2) is 0 Å². The Labute approximate surface area is 91.5 Å². The molecule has 0 saturated carbocycles. The second kappa shape index (κ2) is 4.16. The van der Waals surface area contributed by atoms with E-state index in [1.807, 2.05) is 6.07 Å². The molecule has 0 unspecified atom stereocenters. The number of pyridine rings is 1. The minimum atomic E-state index is -0.603. The Hall–Kier alpha value is -2.14. The van der Waals surface area contributed by atoms with Gasteiger partial charge in [0.05, 0.1) is 11.1 Å². The lowest BCUT2D eigenvalue weighted by molar-refractivity contribution is 0.0923. The van der Waals surface area contributed by atoms with Gasteiger partial charge in [0.25, 0.3) is 5.91 Å². The Morgan fingerprint density at radius 1 is 1.50 bits per heavy atom. The molecule has 82 valence electrons. The number of hydrogen-bond acceptors (Lipinski definition) is 4. The molecule has 0 bridgehead atoms. The molecule has 16 heavy (non-hydrogen) atoms. The van der Waals surface area contributed by atoms with Crippen LogP contribution in [0.3, 0.4) is 0 Å². The summed E-state index contributed by atoms with van der Waals surface area (Å²) in [5.74, 6) is -0.365. The summed E-state index contributed by atoms with van der Waals surface area (Å²) >= 11 is 0. The summed E-state index contributed by atoms with van der Waals surface area (Å²) in [6.45, 7) is -0.515. The standard InChI is InChI=1S/C11H10N2O3/c12-11(15)8-4-7-2-1-3-13-9(7)5-10(8)16-6-14/h1-5,14H,6H2,(H2,12,15). The van der Waals surface area contributed by atoms with Crippen molar-refractivity contribution in [3.63, 3.8) is 0 Å². The van der Waals surface area contributed by atoms with Crippen LogP contribution >= 0.6 is 0 Å². The van der Waals surface area contributed by atoms with Crippen molar-refractivity contribution in [3.05, 3.63) is 36.0 Å². The number of aromatic nitrogens is 1. The number of amides is 1. The predicted octanol–water partition coefficient (Wildman–Crippen LogP) is 0.662. The monoisotopic (exact) mass is 218 g/mol. The summed E-state index contributed by atoms with van der Waals surface area (Å²) < 4.78 is 4.92. The van der Waals surface area contributed by atoms with Crippen molar-refractivity contribution >= 4 is 16.8 Å². The van der Waals surface area contributed by atoms with Crippen LogP contribution in [0.1, 0.15) is 10.4 Å². The number of benzene rings is 1. The first-order valence-electron chi connectivity index (χ1n) is 4.64. The summed E-state index contributed by atoms with van der Waals surface area (Å²) in [6.07, 6.45) is 1.63. The number of rotatable bonds is 3. The SMILES string of the molecule is NC(=O)c1cc2cccnc2cc1OCO. The fourth-order valence-electron chi connectivity index (χ4n) is 1.48. The Balaban J connectivity index is 2.65. The summed E-state index contributed by atoms with van der Waals surface area (Å²) in [6, 6.07) is 6.75. The second-order valence-electron chi connectivity index (χ2n) is 3.18. The van der Waals surface area contributed by atoms with Crippen molar-refractivity contribution in [3.8, 4) is 5.75 Å². The van der Waals surface area contributed by atoms with Crippen LogP contribution in [-0.2, 0) is 0 Å². The fourth-order valence-corrected chi connectivity index (χ4v) is 1.48. The number of nitrogens with zero attached hydrogens (tertiary/aromatic N) is 1. The van der Waals surface area contributed by atoms with E-state index in [-0.39, 0.29) is 11.3 Å². The number of primary amides is 1. The third-order valence-corrected chi connectivity index (χ3v) is 2.19. The van der Waals surface area contributed by atoms with Gasteiger partial charge < -0.3 is 15.6 Å². The predicted molar refractivity (Wildman–Crippen MR) is 58.0 cm³/mol. The smallest absolute Gasteiger partial charge is 0.252 e. The highest BCUT2D eigenvalue weighted by molar-refractivity contribution is 6.00. The number of aliphatic hydroxyl groups is 1. The molecule has 1 aromatic carbocycles. The summed E-state index contributed by atoms with van der Waals surface area (Å²) in [5, 5.41) is 9.50. The van der Waals surface area contributed by atoms with Crippen molar-refractivity contribution < 1.29 is 14.6 Å². The number of carbonyl (C=O) groups is 1. The summed E-state index contributed by atoms with van der Waals surface area (Å²) in [7, 11) is 0. The minimum absolute atomic E-state index is 0.231. The van der Waals surface area contributed by atoms with Crippen LogP contribution in [-0.4, -0.2) is 22.8 Å². The van der Waals surface area contributed by atoms with E-state index < -0.39 is 12.7 Å². The van der Waals surface area contributed by atoms with E-state index in [1.165, 1.54) is 0 Å². The molecule has 0 aliphatic heterocycles. The summed E-state index contributed by atoms with van der Waals surface area (Å²) in [5.41, 5.74) is 6.12. The molecule has 0 radical (unpaired) electrons. The molecule has 0 fully saturated rings. The van der Waals surface area contributed by atoms with Crippen LogP contribution in [0, 0.1) is 0 Å². The minimum Gasteiger partial charge on any atom is -0.467 e. The largest absolute Gasteiger partial charge is 0.467 e.